The number of benzene rings is 2. The molecule has 0 saturated carbocycles. The average Bonchev–Trinajstić information content (AvgIpc) is 3.40. The maximum Gasteiger partial charge on any atom is 0.322 e. The number of nitrogens with zero attached hydrogens (tertiary/aromatic N) is 4. The van der Waals surface area contributed by atoms with Crippen LogP contribution in [0.1, 0.15) is 21.6 Å². The first kappa shape index (κ1) is 22.7. The number of anilines is 1. The second-order valence-corrected chi connectivity index (χ2v) is 8.96. The lowest BCUT2D eigenvalue weighted by molar-refractivity contribution is 0.0667. The van der Waals surface area contributed by atoms with E-state index >= 15 is 0 Å². The second kappa shape index (κ2) is 9.63. The first-order valence-corrected chi connectivity index (χ1v) is 11.8. The Hall–Kier alpha value is -4.12. The zero-order valence-electron chi connectivity index (χ0n) is 18.5. The number of carbonyl (C=O) groups excluding carboxylic acids is 2. The van der Waals surface area contributed by atoms with Gasteiger partial charge in [-0.1, -0.05) is 24.3 Å². The van der Waals surface area contributed by atoms with Gasteiger partial charge >= 0.3 is 6.03 Å². The smallest absolute Gasteiger partial charge is 0.322 e. The lowest BCUT2D eigenvalue weighted by Gasteiger charge is -2.34. The maximum absolute atomic E-state index is 14.6. The number of aromatic nitrogens is 3. The zero-order chi connectivity index (χ0) is 24.4. The normalized spacial score (nSPS) is 13.7. The fourth-order valence-electron chi connectivity index (χ4n) is 4.09. The Bertz CT molecular complexity index is 1450. The summed E-state index contributed by atoms with van der Waals surface area (Å²) in [6.07, 6.45) is 1.93. The van der Waals surface area contributed by atoms with E-state index in [0.29, 0.717) is 59.6 Å². The number of fused-ring (bicyclic) bond motifs is 1. The van der Waals surface area contributed by atoms with Crippen LogP contribution >= 0.6 is 11.5 Å². The fourth-order valence-corrected chi connectivity index (χ4v) is 4.58. The summed E-state index contributed by atoms with van der Waals surface area (Å²) < 4.78 is 18.6. The second-order valence-electron chi connectivity index (χ2n) is 8.12. The summed E-state index contributed by atoms with van der Waals surface area (Å²) in [6, 6.07) is 13.0. The maximum atomic E-state index is 14.6. The lowest BCUT2D eigenvalue weighted by atomic mass is 10.0. The highest BCUT2D eigenvalue weighted by Crippen LogP contribution is 2.20. The molecule has 3 heterocycles. The summed E-state index contributed by atoms with van der Waals surface area (Å²) in [6.45, 7) is 1.27. The molecular weight excluding hydrogens is 471 g/mol. The molecule has 1 fully saturated rings. The van der Waals surface area contributed by atoms with Crippen LogP contribution in [0.2, 0.25) is 0 Å². The van der Waals surface area contributed by atoms with Crippen molar-refractivity contribution < 1.29 is 14.0 Å². The Balaban J connectivity index is 1.29. The van der Waals surface area contributed by atoms with E-state index in [1.807, 2.05) is 12.1 Å². The van der Waals surface area contributed by atoms with Gasteiger partial charge in [0.25, 0.3) is 11.5 Å². The number of aromatic amines is 1. The summed E-state index contributed by atoms with van der Waals surface area (Å²) in [4.78, 5) is 40.7. The Morgan fingerprint density at radius 3 is 2.51 bits per heavy atom. The molecule has 1 aliphatic rings. The topological polar surface area (TPSA) is 111 Å². The highest BCUT2D eigenvalue weighted by molar-refractivity contribution is 7.10. The Morgan fingerprint density at radius 2 is 1.77 bits per heavy atom. The van der Waals surface area contributed by atoms with Crippen LogP contribution in [-0.4, -0.2) is 62.5 Å². The van der Waals surface area contributed by atoms with Gasteiger partial charge in [0.2, 0.25) is 0 Å². The van der Waals surface area contributed by atoms with Crippen molar-refractivity contribution in [3.8, 4) is 0 Å². The number of urea groups is 1. The van der Waals surface area contributed by atoms with Gasteiger partial charge < -0.3 is 9.80 Å². The molecule has 9 nitrogen and oxygen atoms in total. The molecule has 4 aromatic rings. The van der Waals surface area contributed by atoms with Crippen molar-refractivity contribution in [3.05, 3.63) is 87.7 Å². The number of halogens is 1. The molecule has 0 unspecified atom stereocenters. The van der Waals surface area contributed by atoms with Crippen LogP contribution in [0.3, 0.4) is 0 Å². The minimum absolute atomic E-state index is 0.0289. The van der Waals surface area contributed by atoms with E-state index in [4.69, 9.17) is 0 Å². The van der Waals surface area contributed by atoms with Gasteiger partial charge in [0.1, 0.15) is 10.8 Å². The van der Waals surface area contributed by atoms with Gasteiger partial charge in [0, 0.05) is 44.2 Å². The Kier molecular flexibility index (Phi) is 6.23. The van der Waals surface area contributed by atoms with Gasteiger partial charge in [0.15, 0.2) is 0 Å². The number of nitrogens with one attached hydrogen (secondary N) is 2. The van der Waals surface area contributed by atoms with Gasteiger partial charge in [-0.05, 0) is 41.4 Å². The van der Waals surface area contributed by atoms with Crippen LogP contribution in [0, 0.1) is 5.82 Å². The van der Waals surface area contributed by atoms with E-state index in [0.717, 1.165) is 0 Å². The molecular formula is C24H21FN6O3S. The van der Waals surface area contributed by atoms with E-state index < -0.39 is 11.7 Å². The molecule has 3 amide bonds. The molecule has 178 valence electrons. The molecule has 1 saturated heterocycles. The first-order valence-electron chi connectivity index (χ1n) is 11.0. The van der Waals surface area contributed by atoms with Crippen molar-refractivity contribution in [1.82, 2.24) is 24.4 Å². The van der Waals surface area contributed by atoms with Crippen LogP contribution in [0.5, 0.6) is 0 Å². The molecule has 2 aromatic heterocycles. The van der Waals surface area contributed by atoms with Crippen molar-refractivity contribution in [2.24, 2.45) is 0 Å². The highest BCUT2D eigenvalue weighted by Gasteiger charge is 2.27. The molecule has 0 radical (unpaired) electrons. The Labute approximate surface area is 203 Å². The zero-order valence-corrected chi connectivity index (χ0v) is 19.3. The molecule has 1 aliphatic heterocycles. The lowest BCUT2D eigenvalue weighted by Crippen LogP contribution is -2.51. The van der Waals surface area contributed by atoms with Gasteiger partial charge in [-0.2, -0.15) is 9.47 Å². The summed E-state index contributed by atoms with van der Waals surface area (Å²) in [5.74, 6) is -1.03. The summed E-state index contributed by atoms with van der Waals surface area (Å²) in [7, 11) is 0. The molecule has 0 bridgehead atoms. The van der Waals surface area contributed by atoms with E-state index in [1.54, 1.807) is 40.3 Å². The number of H-pyrrole nitrogens is 1. The third-order valence-electron chi connectivity index (χ3n) is 5.93. The van der Waals surface area contributed by atoms with Gasteiger partial charge in [-0.15, -0.1) is 0 Å². The predicted octanol–water partition coefficient (Wildman–Crippen LogP) is 3.10. The van der Waals surface area contributed by atoms with Crippen LogP contribution < -0.4 is 10.9 Å². The van der Waals surface area contributed by atoms with E-state index in [2.05, 4.69) is 19.9 Å². The number of carbonyl (C=O) groups is 2. The molecule has 0 spiro atoms. The first-order chi connectivity index (χ1) is 17.0. The summed E-state index contributed by atoms with van der Waals surface area (Å²) >= 11 is 1.19. The SMILES string of the molecule is O=C(Nc1ccns1)N1CCN(C(=O)c2cc(Cc3n[nH]c(=O)c4ccccc34)ccc2F)CC1. The third-order valence-corrected chi connectivity index (χ3v) is 6.59. The van der Waals surface area contributed by atoms with E-state index in [9.17, 15) is 18.8 Å². The minimum atomic E-state index is -0.608. The summed E-state index contributed by atoms with van der Waals surface area (Å²) in [5.41, 5.74) is 1.02. The van der Waals surface area contributed by atoms with Crippen molar-refractivity contribution >= 4 is 39.2 Å². The Morgan fingerprint density at radius 1 is 1.03 bits per heavy atom. The van der Waals surface area contributed by atoms with Crippen molar-refractivity contribution in [3.63, 3.8) is 0 Å². The van der Waals surface area contributed by atoms with Gasteiger partial charge in [-0.3, -0.25) is 14.9 Å². The van der Waals surface area contributed by atoms with E-state index in [-0.39, 0.29) is 17.2 Å². The number of hydrogen-bond donors (Lipinski definition) is 2. The predicted molar refractivity (Wildman–Crippen MR) is 130 cm³/mol. The molecule has 5 rings (SSSR count). The largest absolute Gasteiger partial charge is 0.335 e. The minimum Gasteiger partial charge on any atom is -0.335 e. The molecule has 2 N–H and O–H groups in total. The highest BCUT2D eigenvalue weighted by atomic mass is 32.1. The molecule has 0 aliphatic carbocycles. The average molecular weight is 493 g/mol. The number of hydrogen-bond acceptors (Lipinski definition) is 6. The quantitative estimate of drug-likeness (QED) is 0.455. The van der Waals surface area contributed by atoms with E-state index in [1.165, 1.54) is 23.7 Å². The standard InChI is InChI=1S/C24H21FN6O3S/c25-19-6-5-15(14-20-16-3-1-2-4-17(16)22(32)29-28-20)13-18(19)23(33)30-9-11-31(12-10-30)24(34)27-21-7-8-26-35-21/h1-8,13H,9-12,14H2,(H,27,34)(H,29,32). The van der Waals surface area contributed by atoms with Crippen molar-refractivity contribution in [2.45, 2.75) is 6.42 Å². The molecule has 11 heteroatoms. The third kappa shape index (κ3) is 4.76. The van der Waals surface area contributed by atoms with Crippen LogP contribution in [-0.2, 0) is 6.42 Å². The van der Waals surface area contributed by atoms with Crippen molar-refractivity contribution in [1.29, 1.82) is 0 Å². The molecule has 35 heavy (non-hydrogen) atoms. The number of rotatable bonds is 4. The summed E-state index contributed by atoms with van der Waals surface area (Å²) in [5, 5.41) is 11.3. The number of piperazine rings is 1. The molecule has 0 atom stereocenters. The fraction of sp³-hybridized carbons (Fsp3) is 0.208. The van der Waals surface area contributed by atoms with Crippen LogP contribution in [0.15, 0.2) is 59.5 Å². The van der Waals surface area contributed by atoms with Crippen LogP contribution in [0.25, 0.3) is 10.8 Å². The van der Waals surface area contributed by atoms with Crippen molar-refractivity contribution in [2.75, 3.05) is 31.5 Å². The van der Waals surface area contributed by atoms with Gasteiger partial charge in [0.05, 0.1) is 16.6 Å². The number of amides is 3. The van der Waals surface area contributed by atoms with Crippen LogP contribution in [0.4, 0.5) is 14.2 Å². The van der Waals surface area contributed by atoms with Gasteiger partial charge in [-0.25, -0.2) is 14.3 Å². The molecule has 2 aromatic carbocycles. The monoisotopic (exact) mass is 492 g/mol.